The Morgan fingerprint density at radius 3 is 3.07 bits per heavy atom. The minimum absolute atomic E-state index is 0.391. The largest absolute Gasteiger partial charge is 0.316 e. The van der Waals surface area contributed by atoms with E-state index in [2.05, 4.69) is 26.3 Å². The predicted octanol–water partition coefficient (Wildman–Crippen LogP) is 1.36. The molecular formula is C10H14BrN3. The smallest absolute Gasteiger partial charge is 0.107 e. The van der Waals surface area contributed by atoms with Crippen LogP contribution in [0.4, 0.5) is 0 Å². The van der Waals surface area contributed by atoms with Gasteiger partial charge < -0.3 is 5.32 Å². The Kier molecular flexibility index (Phi) is 1.80. The third-order valence-corrected chi connectivity index (χ3v) is 4.57. The summed E-state index contributed by atoms with van der Waals surface area (Å²) in [6, 6.07) is 0. The van der Waals surface area contributed by atoms with E-state index in [1.165, 1.54) is 28.7 Å². The molecule has 0 amide bonds. The zero-order chi connectivity index (χ0) is 9.76. The average Bonchev–Trinajstić information content (AvgIpc) is 2.80. The number of fused-ring (bicyclic) bond motifs is 2. The van der Waals surface area contributed by atoms with Crippen molar-refractivity contribution in [2.75, 3.05) is 13.1 Å². The van der Waals surface area contributed by atoms with E-state index in [0.717, 1.165) is 19.5 Å². The van der Waals surface area contributed by atoms with Crippen LogP contribution in [0.2, 0.25) is 0 Å². The van der Waals surface area contributed by atoms with Gasteiger partial charge in [-0.15, -0.1) is 0 Å². The molecule has 1 spiro atoms. The molecule has 1 fully saturated rings. The maximum absolute atomic E-state index is 4.55. The number of nitrogens with zero attached hydrogens (tertiary/aromatic N) is 2. The molecule has 0 radical (unpaired) electrons. The Hall–Kier alpha value is -0.350. The van der Waals surface area contributed by atoms with Crippen LogP contribution >= 0.6 is 15.9 Å². The van der Waals surface area contributed by atoms with Crippen molar-refractivity contribution < 1.29 is 0 Å². The predicted molar refractivity (Wildman–Crippen MR) is 58.4 cm³/mol. The molecule has 1 aliphatic heterocycles. The molecule has 1 aromatic rings. The maximum atomic E-state index is 4.55. The molecule has 2 heterocycles. The Morgan fingerprint density at radius 2 is 2.36 bits per heavy atom. The SMILES string of the molecule is Cn1nc2c(c1Br)C1(CCNC1)CC2. The monoisotopic (exact) mass is 255 g/mol. The molecule has 1 N–H and O–H groups in total. The molecule has 3 rings (SSSR count). The van der Waals surface area contributed by atoms with Gasteiger partial charge in [0.25, 0.3) is 0 Å². The molecule has 1 aromatic heterocycles. The van der Waals surface area contributed by atoms with Crippen molar-refractivity contribution in [1.82, 2.24) is 15.1 Å². The minimum atomic E-state index is 0.391. The van der Waals surface area contributed by atoms with E-state index in [0.29, 0.717) is 5.41 Å². The first kappa shape index (κ1) is 8.92. The Labute approximate surface area is 92.0 Å². The summed E-state index contributed by atoms with van der Waals surface area (Å²) in [5.41, 5.74) is 3.18. The molecule has 4 heteroatoms. The third-order valence-electron chi connectivity index (χ3n) is 3.66. The lowest BCUT2D eigenvalue weighted by Crippen LogP contribution is -2.26. The van der Waals surface area contributed by atoms with Gasteiger partial charge in [0, 0.05) is 24.6 Å². The summed E-state index contributed by atoms with van der Waals surface area (Å²) in [6.45, 7) is 2.28. The highest BCUT2D eigenvalue weighted by atomic mass is 79.9. The van der Waals surface area contributed by atoms with Crippen LogP contribution in [0.5, 0.6) is 0 Å². The number of aromatic nitrogens is 2. The second-order valence-electron chi connectivity index (χ2n) is 4.44. The van der Waals surface area contributed by atoms with Crippen molar-refractivity contribution >= 4 is 15.9 Å². The lowest BCUT2D eigenvalue weighted by Gasteiger charge is -2.22. The number of rotatable bonds is 0. The van der Waals surface area contributed by atoms with Gasteiger partial charge in [-0.2, -0.15) is 5.10 Å². The van der Waals surface area contributed by atoms with Crippen molar-refractivity contribution in [3.8, 4) is 0 Å². The summed E-state index contributed by atoms with van der Waals surface area (Å²) in [4.78, 5) is 0. The number of hydrogen-bond donors (Lipinski definition) is 1. The highest BCUT2D eigenvalue weighted by Crippen LogP contribution is 2.46. The van der Waals surface area contributed by atoms with E-state index in [1.807, 2.05) is 11.7 Å². The summed E-state index contributed by atoms with van der Waals surface area (Å²) in [5, 5.41) is 8.03. The summed E-state index contributed by atoms with van der Waals surface area (Å²) in [7, 11) is 2.01. The minimum Gasteiger partial charge on any atom is -0.316 e. The van der Waals surface area contributed by atoms with Crippen LogP contribution in [-0.4, -0.2) is 22.9 Å². The van der Waals surface area contributed by atoms with Gasteiger partial charge in [0.15, 0.2) is 0 Å². The van der Waals surface area contributed by atoms with Crippen molar-refractivity contribution in [1.29, 1.82) is 0 Å². The van der Waals surface area contributed by atoms with Crippen LogP contribution in [0.25, 0.3) is 0 Å². The van der Waals surface area contributed by atoms with Crippen LogP contribution in [0.1, 0.15) is 24.1 Å². The molecule has 2 aliphatic rings. The van der Waals surface area contributed by atoms with Gasteiger partial charge in [0.2, 0.25) is 0 Å². The first-order chi connectivity index (χ1) is 6.73. The van der Waals surface area contributed by atoms with Gasteiger partial charge in [0.1, 0.15) is 4.60 Å². The van der Waals surface area contributed by atoms with Gasteiger partial charge in [-0.05, 0) is 41.7 Å². The molecule has 1 atom stereocenters. The van der Waals surface area contributed by atoms with E-state index in [1.54, 1.807) is 0 Å². The van der Waals surface area contributed by atoms with Crippen LogP contribution in [0.3, 0.4) is 0 Å². The molecular weight excluding hydrogens is 242 g/mol. The lowest BCUT2D eigenvalue weighted by atomic mass is 9.82. The van der Waals surface area contributed by atoms with Gasteiger partial charge >= 0.3 is 0 Å². The van der Waals surface area contributed by atoms with Crippen LogP contribution < -0.4 is 5.32 Å². The van der Waals surface area contributed by atoms with Crippen molar-refractivity contribution in [2.45, 2.75) is 24.7 Å². The molecule has 0 bridgehead atoms. The highest BCUT2D eigenvalue weighted by molar-refractivity contribution is 9.10. The van der Waals surface area contributed by atoms with Gasteiger partial charge in [-0.1, -0.05) is 0 Å². The van der Waals surface area contributed by atoms with E-state index in [-0.39, 0.29) is 0 Å². The fourth-order valence-corrected chi connectivity index (χ4v) is 3.64. The normalized spacial score (nSPS) is 30.1. The van der Waals surface area contributed by atoms with Gasteiger partial charge in [-0.25, -0.2) is 0 Å². The first-order valence-electron chi connectivity index (χ1n) is 5.15. The second-order valence-corrected chi connectivity index (χ2v) is 5.19. The lowest BCUT2D eigenvalue weighted by molar-refractivity contribution is 0.461. The van der Waals surface area contributed by atoms with E-state index >= 15 is 0 Å². The Balaban J connectivity index is 2.16. The van der Waals surface area contributed by atoms with Crippen LogP contribution in [0, 0.1) is 0 Å². The third kappa shape index (κ3) is 0.984. The molecule has 1 aliphatic carbocycles. The molecule has 1 saturated heterocycles. The standard InChI is InChI=1S/C10H14BrN3/c1-14-9(11)8-7(13-14)2-3-10(8)4-5-12-6-10/h12H,2-6H2,1H3. The van der Waals surface area contributed by atoms with Crippen molar-refractivity contribution in [2.24, 2.45) is 7.05 Å². The fourth-order valence-electron chi connectivity index (χ4n) is 2.91. The first-order valence-corrected chi connectivity index (χ1v) is 5.95. The van der Waals surface area contributed by atoms with Gasteiger partial charge in [0.05, 0.1) is 5.69 Å². The molecule has 0 aromatic carbocycles. The quantitative estimate of drug-likeness (QED) is 0.759. The molecule has 14 heavy (non-hydrogen) atoms. The van der Waals surface area contributed by atoms with Crippen LogP contribution in [-0.2, 0) is 18.9 Å². The highest BCUT2D eigenvalue weighted by Gasteiger charge is 2.44. The molecule has 1 unspecified atom stereocenters. The van der Waals surface area contributed by atoms with E-state index < -0.39 is 0 Å². The van der Waals surface area contributed by atoms with Crippen LogP contribution in [0.15, 0.2) is 4.60 Å². The van der Waals surface area contributed by atoms with Crippen molar-refractivity contribution in [3.63, 3.8) is 0 Å². The number of hydrogen-bond acceptors (Lipinski definition) is 2. The summed E-state index contributed by atoms with van der Waals surface area (Å²) in [6.07, 6.45) is 3.69. The number of aryl methyl sites for hydroxylation is 2. The zero-order valence-corrected chi connectivity index (χ0v) is 9.89. The fraction of sp³-hybridized carbons (Fsp3) is 0.700. The van der Waals surface area contributed by atoms with Gasteiger partial charge in [-0.3, -0.25) is 4.68 Å². The summed E-state index contributed by atoms with van der Waals surface area (Å²) >= 11 is 3.66. The van der Waals surface area contributed by atoms with E-state index in [4.69, 9.17) is 0 Å². The maximum Gasteiger partial charge on any atom is 0.107 e. The number of halogens is 1. The van der Waals surface area contributed by atoms with Crippen molar-refractivity contribution in [3.05, 3.63) is 15.9 Å². The molecule has 76 valence electrons. The molecule has 0 saturated carbocycles. The number of nitrogens with one attached hydrogen (secondary N) is 1. The molecule has 3 nitrogen and oxygen atoms in total. The Morgan fingerprint density at radius 1 is 1.50 bits per heavy atom. The Bertz CT molecular complexity index is 377. The summed E-state index contributed by atoms with van der Waals surface area (Å²) in [5.74, 6) is 0. The average molecular weight is 256 g/mol. The van der Waals surface area contributed by atoms with E-state index in [9.17, 15) is 0 Å². The zero-order valence-electron chi connectivity index (χ0n) is 8.31. The second kappa shape index (κ2) is 2.83. The summed E-state index contributed by atoms with van der Waals surface area (Å²) < 4.78 is 3.15. The topological polar surface area (TPSA) is 29.9 Å².